The van der Waals surface area contributed by atoms with E-state index < -0.39 is 0 Å². The number of nitrogens with zero attached hydrogens (tertiary/aromatic N) is 2. The van der Waals surface area contributed by atoms with Gasteiger partial charge in [-0.25, -0.2) is 4.99 Å². The summed E-state index contributed by atoms with van der Waals surface area (Å²) in [6, 6.07) is 18.6. The van der Waals surface area contributed by atoms with Crippen LogP contribution in [0.15, 0.2) is 78.0 Å². The number of pyridine rings is 1. The van der Waals surface area contributed by atoms with Crippen molar-refractivity contribution in [1.82, 2.24) is 10.3 Å². The zero-order valence-electron chi connectivity index (χ0n) is 16.6. The summed E-state index contributed by atoms with van der Waals surface area (Å²) in [6.07, 6.45) is 3.47. The zero-order chi connectivity index (χ0) is 20.5. The first-order valence-electron chi connectivity index (χ1n) is 9.46. The van der Waals surface area contributed by atoms with Crippen molar-refractivity contribution in [3.05, 3.63) is 89.7 Å². The van der Waals surface area contributed by atoms with E-state index in [1.54, 1.807) is 36.7 Å². The molecule has 148 valence electrons. The Morgan fingerprint density at radius 3 is 2.55 bits per heavy atom. The first kappa shape index (κ1) is 20.1. The van der Waals surface area contributed by atoms with E-state index >= 15 is 0 Å². The maximum atomic E-state index is 12.7. The lowest BCUT2D eigenvalue weighted by molar-refractivity contribution is 0.0977. The number of anilines is 1. The van der Waals surface area contributed by atoms with Crippen LogP contribution in [-0.2, 0) is 6.54 Å². The average Bonchev–Trinajstić information content (AvgIpc) is 2.75. The molecular weight excluding hydrogens is 364 g/mol. The highest BCUT2D eigenvalue weighted by Crippen LogP contribution is 2.14. The number of hydrogen-bond acceptors (Lipinski definition) is 4. The topological polar surface area (TPSA) is 75.6 Å². The molecule has 3 rings (SSSR count). The van der Waals surface area contributed by atoms with Crippen molar-refractivity contribution in [3.8, 4) is 5.75 Å². The highest BCUT2D eigenvalue weighted by atomic mass is 16.5. The van der Waals surface area contributed by atoms with E-state index in [1.165, 1.54) is 0 Å². The van der Waals surface area contributed by atoms with Crippen molar-refractivity contribution in [2.24, 2.45) is 4.99 Å². The van der Waals surface area contributed by atoms with E-state index in [1.807, 2.05) is 50.2 Å². The number of carbonyl (C=O) groups excluding carboxylic acids is 1. The third-order valence-electron chi connectivity index (χ3n) is 4.20. The monoisotopic (exact) mass is 388 g/mol. The van der Waals surface area contributed by atoms with Gasteiger partial charge in [0, 0.05) is 23.6 Å². The van der Waals surface area contributed by atoms with Crippen LogP contribution in [0.5, 0.6) is 5.75 Å². The van der Waals surface area contributed by atoms with Gasteiger partial charge in [0.05, 0.1) is 13.2 Å². The van der Waals surface area contributed by atoms with Gasteiger partial charge >= 0.3 is 0 Å². The lowest BCUT2D eigenvalue weighted by atomic mass is 10.2. The minimum atomic E-state index is -0.251. The van der Waals surface area contributed by atoms with Gasteiger partial charge in [0.1, 0.15) is 5.75 Å². The molecule has 0 saturated heterocycles. The Labute approximate surface area is 170 Å². The van der Waals surface area contributed by atoms with Gasteiger partial charge in [-0.1, -0.05) is 24.3 Å². The highest BCUT2D eigenvalue weighted by molar-refractivity contribution is 6.10. The fourth-order valence-corrected chi connectivity index (χ4v) is 2.66. The van der Waals surface area contributed by atoms with E-state index in [-0.39, 0.29) is 5.91 Å². The second-order valence-corrected chi connectivity index (χ2v) is 6.38. The first-order valence-corrected chi connectivity index (χ1v) is 9.46. The number of guanidine groups is 1. The van der Waals surface area contributed by atoms with Crippen molar-refractivity contribution in [3.63, 3.8) is 0 Å². The summed E-state index contributed by atoms with van der Waals surface area (Å²) in [5, 5.41) is 6.09. The molecule has 1 heterocycles. The van der Waals surface area contributed by atoms with Crippen LogP contribution in [0.2, 0.25) is 0 Å². The molecule has 3 aromatic rings. The van der Waals surface area contributed by atoms with Gasteiger partial charge in [-0.05, 0) is 61.4 Å². The normalized spacial score (nSPS) is 11.0. The van der Waals surface area contributed by atoms with Gasteiger partial charge in [-0.2, -0.15) is 0 Å². The molecule has 0 aliphatic heterocycles. The number of rotatable bonds is 6. The number of hydrogen-bond donors (Lipinski definition) is 2. The van der Waals surface area contributed by atoms with Gasteiger partial charge in [0.2, 0.25) is 5.96 Å². The molecule has 6 nitrogen and oxygen atoms in total. The maximum Gasteiger partial charge on any atom is 0.257 e. The second kappa shape index (κ2) is 10.0. The zero-order valence-corrected chi connectivity index (χ0v) is 16.6. The van der Waals surface area contributed by atoms with E-state index in [4.69, 9.17) is 4.74 Å². The number of para-hydroxylation sites is 1. The minimum absolute atomic E-state index is 0.251. The Kier molecular flexibility index (Phi) is 6.95. The number of ether oxygens (including phenoxy) is 1. The van der Waals surface area contributed by atoms with Crippen LogP contribution >= 0.6 is 0 Å². The van der Waals surface area contributed by atoms with Gasteiger partial charge in [0.25, 0.3) is 5.91 Å². The smallest absolute Gasteiger partial charge is 0.257 e. The number of benzene rings is 2. The van der Waals surface area contributed by atoms with Gasteiger partial charge in [0.15, 0.2) is 0 Å². The molecule has 0 aliphatic rings. The predicted molar refractivity (Wildman–Crippen MR) is 115 cm³/mol. The number of aliphatic imine (C=N–C) groups is 1. The van der Waals surface area contributed by atoms with E-state index in [9.17, 15) is 4.79 Å². The van der Waals surface area contributed by atoms with Crippen LogP contribution in [0.3, 0.4) is 0 Å². The Morgan fingerprint density at radius 1 is 1.07 bits per heavy atom. The molecule has 0 atom stereocenters. The molecule has 6 heteroatoms. The summed E-state index contributed by atoms with van der Waals surface area (Å²) in [5.74, 6) is 0.855. The minimum Gasteiger partial charge on any atom is -0.494 e. The molecule has 0 aliphatic carbocycles. The lowest BCUT2D eigenvalue weighted by Crippen LogP contribution is -2.36. The summed E-state index contributed by atoms with van der Waals surface area (Å²) >= 11 is 0. The summed E-state index contributed by atoms with van der Waals surface area (Å²) in [7, 11) is 0. The van der Waals surface area contributed by atoms with Crippen LogP contribution in [0, 0.1) is 6.92 Å². The SMILES string of the molecule is CCOc1ccc(C(=O)NC(=NCc2cccnc2)Nc2ccccc2C)cc1. The average molecular weight is 388 g/mol. The van der Waals surface area contributed by atoms with Gasteiger partial charge in [-0.15, -0.1) is 0 Å². The van der Waals surface area contributed by atoms with Crippen molar-refractivity contribution in [2.75, 3.05) is 11.9 Å². The molecular formula is C23H24N4O2. The summed E-state index contributed by atoms with van der Waals surface area (Å²) in [4.78, 5) is 21.4. The molecule has 0 saturated carbocycles. The van der Waals surface area contributed by atoms with Crippen molar-refractivity contribution in [1.29, 1.82) is 0 Å². The second-order valence-electron chi connectivity index (χ2n) is 6.38. The third-order valence-corrected chi connectivity index (χ3v) is 4.20. The fourth-order valence-electron chi connectivity index (χ4n) is 2.66. The van der Waals surface area contributed by atoms with Crippen LogP contribution in [0.1, 0.15) is 28.4 Å². The van der Waals surface area contributed by atoms with Crippen molar-refractivity contribution >= 4 is 17.6 Å². The Hall–Kier alpha value is -3.67. The number of aryl methyl sites for hydroxylation is 1. The summed E-state index contributed by atoms with van der Waals surface area (Å²) in [5.41, 5.74) is 3.40. The Bertz CT molecular complexity index is 970. The molecule has 0 bridgehead atoms. The molecule has 0 radical (unpaired) electrons. The Balaban J connectivity index is 1.78. The van der Waals surface area contributed by atoms with Crippen LogP contribution in [0.25, 0.3) is 0 Å². The highest BCUT2D eigenvalue weighted by Gasteiger charge is 2.10. The maximum absolute atomic E-state index is 12.7. The van der Waals surface area contributed by atoms with Crippen LogP contribution in [-0.4, -0.2) is 23.5 Å². The fraction of sp³-hybridized carbons (Fsp3) is 0.174. The summed E-state index contributed by atoms with van der Waals surface area (Å²) < 4.78 is 5.43. The first-order chi connectivity index (χ1) is 14.2. The molecule has 29 heavy (non-hydrogen) atoms. The largest absolute Gasteiger partial charge is 0.494 e. The molecule has 0 fully saturated rings. The quantitative estimate of drug-likeness (QED) is 0.490. The molecule has 1 amide bonds. The van der Waals surface area contributed by atoms with E-state index in [0.29, 0.717) is 24.7 Å². The third kappa shape index (κ3) is 5.90. The number of nitrogens with one attached hydrogen (secondary N) is 2. The van der Waals surface area contributed by atoms with Gasteiger partial charge in [-0.3, -0.25) is 15.1 Å². The standard InChI is InChI=1S/C23H24N4O2/c1-3-29-20-12-10-19(11-13-20)22(28)27-23(25-16-18-8-6-14-24-15-18)26-21-9-5-4-7-17(21)2/h4-15H,3,16H2,1-2H3,(H2,25,26,27,28). The van der Waals surface area contributed by atoms with Crippen LogP contribution in [0.4, 0.5) is 5.69 Å². The van der Waals surface area contributed by atoms with E-state index in [2.05, 4.69) is 20.6 Å². The number of aromatic nitrogens is 1. The van der Waals surface area contributed by atoms with E-state index in [0.717, 1.165) is 22.6 Å². The molecule has 2 aromatic carbocycles. The molecule has 0 spiro atoms. The predicted octanol–water partition coefficient (Wildman–Crippen LogP) is 4.19. The number of carbonyl (C=O) groups is 1. The lowest BCUT2D eigenvalue weighted by Gasteiger charge is -2.14. The van der Waals surface area contributed by atoms with Gasteiger partial charge < -0.3 is 10.1 Å². The van der Waals surface area contributed by atoms with Crippen LogP contribution < -0.4 is 15.4 Å². The number of amides is 1. The molecule has 1 aromatic heterocycles. The Morgan fingerprint density at radius 2 is 1.86 bits per heavy atom. The van der Waals surface area contributed by atoms with Crippen molar-refractivity contribution in [2.45, 2.75) is 20.4 Å². The summed E-state index contributed by atoms with van der Waals surface area (Å²) in [6.45, 7) is 4.89. The van der Waals surface area contributed by atoms with Crippen molar-refractivity contribution < 1.29 is 9.53 Å². The molecule has 2 N–H and O–H groups in total. The molecule has 0 unspecified atom stereocenters.